The van der Waals surface area contributed by atoms with Crippen LogP contribution in [0, 0.1) is 0 Å². The highest BCUT2D eigenvalue weighted by Gasteiger charge is 2.22. The second-order valence-corrected chi connectivity index (χ2v) is 5.97. The first-order valence-corrected chi connectivity index (χ1v) is 8.44. The van der Waals surface area contributed by atoms with Crippen molar-refractivity contribution < 1.29 is 9.53 Å². The number of nitrogens with zero attached hydrogens (tertiary/aromatic N) is 3. The quantitative estimate of drug-likeness (QED) is 0.869. The summed E-state index contributed by atoms with van der Waals surface area (Å²) >= 11 is 0. The largest absolute Gasteiger partial charge is 0.496 e. The zero-order valence-corrected chi connectivity index (χ0v) is 14.3. The number of amides is 2. The molecule has 7 heteroatoms. The molecule has 1 saturated heterocycles. The van der Waals surface area contributed by atoms with Crippen molar-refractivity contribution >= 4 is 12.0 Å². The van der Waals surface area contributed by atoms with E-state index < -0.39 is 0 Å². The second kappa shape index (κ2) is 8.32. The summed E-state index contributed by atoms with van der Waals surface area (Å²) < 4.78 is 5.30. The van der Waals surface area contributed by atoms with E-state index in [0.717, 1.165) is 30.7 Å². The Morgan fingerprint density at radius 1 is 1.28 bits per heavy atom. The molecule has 1 atom stereocenters. The van der Waals surface area contributed by atoms with E-state index in [1.807, 2.05) is 24.3 Å². The van der Waals surface area contributed by atoms with Gasteiger partial charge < -0.3 is 20.3 Å². The molecule has 1 aliphatic heterocycles. The molecule has 0 spiro atoms. The zero-order valence-electron chi connectivity index (χ0n) is 14.3. The van der Waals surface area contributed by atoms with E-state index in [2.05, 4.69) is 25.5 Å². The summed E-state index contributed by atoms with van der Waals surface area (Å²) in [7, 11) is 1.63. The molecule has 0 radical (unpaired) electrons. The molecule has 0 saturated carbocycles. The fraction of sp³-hybridized carbons (Fsp3) is 0.389. The number of aromatic nitrogens is 2. The van der Waals surface area contributed by atoms with E-state index >= 15 is 0 Å². The smallest absolute Gasteiger partial charge is 0.315 e. The minimum absolute atomic E-state index is 0.0789. The van der Waals surface area contributed by atoms with Crippen molar-refractivity contribution in [3.05, 3.63) is 48.3 Å². The number of carbonyl (C=O) groups is 1. The standard InChI is InChI=1S/C18H23N5O2/c1-25-16-8-3-2-6-14(16)12-21-18(24)22-15-7-4-11-23(13-15)17-19-9-5-10-20-17/h2-3,5-6,8-10,15H,4,7,11-13H2,1H3,(H2,21,22,24). The van der Waals surface area contributed by atoms with E-state index in [-0.39, 0.29) is 12.1 Å². The van der Waals surface area contributed by atoms with Crippen molar-refractivity contribution in [2.24, 2.45) is 0 Å². The van der Waals surface area contributed by atoms with Crippen molar-refractivity contribution in [3.63, 3.8) is 0 Å². The van der Waals surface area contributed by atoms with Crippen molar-refractivity contribution in [3.8, 4) is 5.75 Å². The van der Waals surface area contributed by atoms with Crippen LogP contribution in [0.3, 0.4) is 0 Å². The van der Waals surface area contributed by atoms with Crippen LogP contribution in [0.2, 0.25) is 0 Å². The van der Waals surface area contributed by atoms with Gasteiger partial charge in [-0.25, -0.2) is 14.8 Å². The maximum Gasteiger partial charge on any atom is 0.315 e. The van der Waals surface area contributed by atoms with Crippen LogP contribution in [0.15, 0.2) is 42.7 Å². The third-order valence-electron chi connectivity index (χ3n) is 4.22. The predicted molar refractivity (Wildman–Crippen MR) is 95.6 cm³/mol. The Bertz CT molecular complexity index is 695. The maximum absolute atomic E-state index is 12.2. The summed E-state index contributed by atoms with van der Waals surface area (Å²) in [6.45, 7) is 2.05. The molecule has 1 aliphatic rings. The lowest BCUT2D eigenvalue weighted by atomic mass is 10.1. The Kier molecular flexibility index (Phi) is 5.66. The molecule has 0 aliphatic carbocycles. The number of benzene rings is 1. The number of anilines is 1. The highest BCUT2D eigenvalue weighted by Crippen LogP contribution is 2.17. The molecule has 2 amide bonds. The first kappa shape index (κ1) is 17.0. The topological polar surface area (TPSA) is 79.4 Å². The van der Waals surface area contributed by atoms with E-state index in [1.165, 1.54) is 0 Å². The number of carbonyl (C=O) groups excluding carboxylic acids is 1. The van der Waals surface area contributed by atoms with Crippen LogP contribution in [0.1, 0.15) is 18.4 Å². The van der Waals surface area contributed by atoms with Gasteiger partial charge in [-0.05, 0) is 25.0 Å². The predicted octanol–water partition coefficient (Wildman–Crippen LogP) is 1.95. The Labute approximate surface area is 147 Å². The van der Waals surface area contributed by atoms with Crippen LogP contribution < -0.4 is 20.3 Å². The van der Waals surface area contributed by atoms with Crippen molar-refractivity contribution in [1.29, 1.82) is 0 Å². The number of nitrogens with one attached hydrogen (secondary N) is 2. The molecule has 1 unspecified atom stereocenters. The van der Waals surface area contributed by atoms with E-state index in [1.54, 1.807) is 25.6 Å². The lowest BCUT2D eigenvalue weighted by molar-refractivity contribution is 0.234. The van der Waals surface area contributed by atoms with Crippen LogP contribution >= 0.6 is 0 Å². The van der Waals surface area contributed by atoms with E-state index in [0.29, 0.717) is 19.0 Å². The highest BCUT2D eigenvalue weighted by molar-refractivity contribution is 5.74. The number of piperidine rings is 1. The Hall–Kier alpha value is -2.83. The lowest BCUT2D eigenvalue weighted by Crippen LogP contribution is -2.50. The van der Waals surface area contributed by atoms with Gasteiger partial charge in [0.05, 0.1) is 7.11 Å². The third kappa shape index (κ3) is 4.59. The van der Waals surface area contributed by atoms with Crippen molar-refractivity contribution in [2.75, 3.05) is 25.1 Å². The van der Waals surface area contributed by atoms with Gasteiger partial charge in [0.25, 0.3) is 0 Å². The molecule has 0 bridgehead atoms. The molecule has 3 rings (SSSR count). The van der Waals surface area contributed by atoms with E-state index in [9.17, 15) is 4.79 Å². The first-order chi connectivity index (χ1) is 12.3. The number of ether oxygens (including phenoxy) is 1. The molecular formula is C18H23N5O2. The van der Waals surface area contributed by atoms with Gasteiger partial charge in [-0.2, -0.15) is 0 Å². The van der Waals surface area contributed by atoms with Crippen LogP contribution in [-0.4, -0.2) is 42.2 Å². The van der Waals surface area contributed by atoms with Crippen molar-refractivity contribution in [1.82, 2.24) is 20.6 Å². The molecule has 1 aromatic heterocycles. The summed E-state index contributed by atoms with van der Waals surface area (Å²) in [4.78, 5) is 22.9. The van der Waals surface area contributed by atoms with Gasteiger partial charge >= 0.3 is 6.03 Å². The van der Waals surface area contributed by atoms with Crippen LogP contribution in [0.4, 0.5) is 10.7 Å². The molecule has 25 heavy (non-hydrogen) atoms. The number of hydrogen-bond donors (Lipinski definition) is 2. The average Bonchev–Trinajstić information content (AvgIpc) is 2.67. The Balaban J connectivity index is 1.51. The molecular weight excluding hydrogens is 318 g/mol. The summed E-state index contributed by atoms with van der Waals surface area (Å²) in [5.41, 5.74) is 0.947. The summed E-state index contributed by atoms with van der Waals surface area (Å²) in [5, 5.41) is 5.93. The zero-order chi connectivity index (χ0) is 17.5. The van der Waals surface area contributed by atoms with Gasteiger partial charge in [0.1, 0.15) is 5.75 Å². The van der Waals surface area contributed by atoms with Gasteiger partial charge in [-0.3, -0.25) is 0 Å². The van der Waals surface area contributed by atoms with Crippen LogP contribution in [0.5, 0.6) is 5.75 Å². The van der Waals surface area contributed by atoms with Crippen LogP contribution in [0.25, 0.3) is 0 Å². The third-order valence-corrected chi connectivity index (χ3v) is 4.22. The number of urea groups is 1. The number of hydrogen-bond acceptors (Lipinski definition) is 5. The molecule has 7 nitrogen and oxygen atoms in total. The second-order valence-electron chi connectivity index (χ2n) is 5.97. The minimum atomic E-state index is -0.174. The SMILES string of the molecule is COc1ccccc1CNC(=O)NC1CCCN(c2ncccn2)C1. The fourth-order valence-electron chi connectivity index (χ4n) is 2.99. The molecule has 1 aromatic carbocycles. The Morgan fingerprint density at radius 3 is 2.88 bits per heavy atom. The highest BCUT2D eigenvalue weighted by atomic mass is 16.5. The molecule has 1 fully saturated rings. The normalized spacial score (nSPS) is 17.0. The van der Waals surface area contributed by atoms with Crippen LogP contribution in [-0.2, 0) is 6.54 Å². The van der Waals surface area contributed by atoms with Gasteiger partial charge in [-0.15, -0.1) is 0 Å². The monoisotopic (exact) mass is 341 g/mol. The van der Waals surface area contributed by atoms with Gasteiger partial charge in [0, 0.05) is 43.6 Å². The number of methoxy groups -OCH3 is 1. The van der Waals surface area contributed by atoms with Gasteiger partial charge in [0.15, 0.2) is 0 Å². The lowest BCUT2D eigenvalue weighted by Gasteiger charge is -2.33. The van der Waals surface area contributed by atoms with Gasteiger partial charge in [0.2, 0.25) is 5.95 Å². The fourth-order valence-corrected chi connectivity index (χ4v) is 2.99. The molecule has 132 valence electrons. The van der Waals surface area contributed by atoms with Crippen molar-refractivity contribution in [2.45, 2.75) is 25.4 Å². The Morgan fingerprint density at radius 2 is 2.08 bits per heavy atom. The minimum Gasteiger partial charge on any atom is -0.496 e. The van der Waals surface area contributed by atoms with E-state index in [4.69, 9.17) is 4.74 Å². The molecule has 2 N–H and O–H groups in total. The average molecular weight is 341 g/mol. The summed E-state index contributed by atoms with van der Waals surface area (Å²) in [5.74, 6) is 1.48. The molecule has 2 aromatic rings. The number of rotatable bonds is 5. The summed E-state index contributed by atoms with van der Waals surface area (Å²) in [6.07, 6.45) is 5.42. The number of para-hydroxylation sites is 1. The van der Waals surface area contributed by atoms with Gasteiger partial charge in [-0.1, -0.05) is 18.2 Å². The first-order valence-electron chi connectivity index (χ1n) is 8.44. The summed E-state index contributed by atoms with van der Waals surface area (Å²) in [6, 6.07) is 9.36. The molecule has 2 heterocycles. The maximum atomic E-state index is 12.2.